The molecule has 0 radical (unpaired) electrons. The Morgan fingerprint density at radius 2 is 1.25 bits per heavy atom. The topological polar surface area (TPSA) is 15.3 Å². The van der Waals surface area contributed by atoms with Gasteiger partial charge in [-0.05, 0) is 94.5 Å². The fourth-order valence-electron chi connectivity index (χ4n) is 6.83. The maximum Gasteiger partial charge on any atom is 0.0656 e. The first-order valence-corrected chi connectivity index (χ1v) is 15.7. The molecule has 2 aliphatic rings. The Morgan fingerprint density at radius 3 is 1.98 bits per heavy atom. The first kappa shape index (κ1) is 27.9. The highest BCUT2D eigenvalue weighted by molar-refractivity contribution is 5.93. The van der Waals surface area contributed by atoms with Gasteiger partial charge >= 0.3 is 0 Å². The van der Waals surface area contributed by atoms with Crippen molar-refractivity contribution in [3.63, 3.8) is 0 Å². The van der Waals surface area contributed by atoms with Gasteiger partial charge in [0.1, 0.15) is 0 Å². The van der Waals surface area contributed by atoms with Gasteiger partial charge in [0, 0.05) is 17.7 Å². The zero-order valence-corrected chi connectivity index (χ0v) is 25.8. The van der Waals surface area contributed by atoms with Crippen LogP contribution in [0.2, 0.25) is 0 Å². The molecule has 0 unspecified atom stereocenters. The Kier molecular flexibility index (Phi) is 7.60. The van der Waals surface area contributed by atoms with E-state index in [1.54, 1.807) is 0 Å². The van der Waals surface area contributed by atoms with Gasteiger partial charge in [-0.3, -0.25) is 5.01 Å². The summed E-state index contributed by atoms with van der Waals surface area (Å²) in [6.45, 7) is 7.42. The number of fused-ring (bicyclic) bond motifs is 3. The third kappa shape index (κ3) is 5.12. The minimum atomic E-state index is 0.715. The Morgan fingerprint density at radius 1 is 0.636 bits per heavy atom. The molecule has 1 heterocycles. The smallest absolute Gasteiger partial charge is 0.0656 e. The van der Waals surface area contributed by atoms with E-state index in [-0.39, 0.29) is 0 Å². The van der Waals surface area contributed by atoms with Crippen molar-refractivity contribution in [1.29, 1.82) is 0 Å². The Balaban J connectivity index is 1.41. The third-order valence-electron chi connectivity index (χ3n) is 8.80. The zero-order valence-electron chi connectivity index (χ0n) is 25.8. The molecule has 0 atom stereocenters. The summed E-state index contributed by atoms with van der Waals surface area (Å²) in [4.78, 5) is 0. The van der Waals surface area contributed by atoms with Crippen LogP contribution < -0.4 is 10.4 Å². The fourth-order valence-corrected chi connectivity index (χ4v) is 6.83. The van der Waals surface area contributed by atoms with Gasteiger partial charge in [0.25, 0.3) is 0 Å². The average Bonchev–Trinajstić information content (AvgIpc) is 3.43. The molecule has 5 aromatic carbocycles. The number of anilines is 2. The summed E-state index contributed by atoms with van der Waals surface area (Å²) in [5.41, 5.74) is 21.6. The summed E-state index contributed by atoms with van der Waals surface area (Å²) in [6, 6.07) is 37.9. The monoisotopic (exact) mass is 570 g/mol. The molecular weight excluding hydrogens is 532 g/mol. The van der Waals surface area contributed by atoms with Crippen molar-refractivity contribution >= 4 is 16.9 Å². The summed E-state index contributed by atoms with van der Waals surface area (Å²) in [5.74, 6) is 0. The number of para-hydroxylation sites is 2. The SMILES string of the molecule is CCc1c(C2=CC=CCC=C2)cc(C)cc1-c1ccccc1N1NCc2c(-c3ccccc3)cc(C)cc2-c2ccccc21. The van der Waals surface area contributed by atoms with Crippen LogP contribution in [0.1, 0.15) is 41.2 Å². The van der Waals surface area contributed by atoms with Gasteiger partial charge < -0.3 is 0 Å². The van der Waals surface area contributed by atoms with E-state index in [4.69, 9.17) is 0 Å². The number of nitrogens with one attached hydrogen (secondary N) is 1. The van der Waals surface area contributed by atoms with Crippen molar-refractivity contribution in [3.05, 3.63) is 161 Å². The Hall–Kier alpha value is -4.92. The lowest BCUT2D eigenvalue weighted by Gasteiger charge is -2.29. The van der Waals surface area contributed by atoms with E-state index in [0.717, 1.165) is 24.2 Å². The summed E-state index contributed by atoms with van der Waals surface area (Å²) in [6.07, 6.45) is 13.1. The van der Waals surface area contributed by atoms with Crippen LogP contribution in [0, 0.1) is 13.8 Å². The zero-order chi connectivity index (χ0) is 30.0. The number of rotatable bonds is 5. The third-order valence-corrected chi connectivity index (χ3v) is 8.80. The summed E-state index contributed by atoms with van der Waals surface area (Å²) < 4.78 is 0. The number of hydrazine groups is 1. The van der Waals surface area contributed by atoms with Crippen molar-refractivity contribution in [2.24, 2.45) is 0 Å². The molecule has 0 bridgehead atoms. The number of nitrogens with zero attached hydrogens (tertiary/aromatic N) is 1. The Labute approximate surface area is 261 Å². The second-order valence-electron chi connectivity index (χ2n) is 11.8. The minimum Gasteiger partial charge on any atom is -0.275 e. The molecule has 1 aliphatic heterocycles. The molecule has 0 amide bonds. The average molecular weight is 571 g/mol. The maximum atomic E-state index is 3.89. The first-order valence-electron chi connectivity index (χ1n) is 15.7. The first-order chi connectivity index (χ1) is 21.6. The van der Waals surface area contributed by atoms with Crippen molar-refractivity contribution in [2.75, 3.05) is 5.01 Å². The van der Waals surface area contributed by atoms with E-state index in [1.807, 2.05) is 0 Å². The molecule has 1 aliphatic carbocycles. The molecule has 0 fully saturated rings. The summed E-state index contributed by atoms with van der Waals surface area (Å²) >= 11 is 0. The lowest BCUT2D eigenvalue weighted by atomic mass is 9.87. The van der Waals surface area contributed by atoms with Gasteiger partial charge in [-0.15, -0.1) is 0 Å². The van der Waals surface area contributed by atoms with Crippen LogP contribution in [0.25, 0.3) is 39.0 Å². The van der Waals surface area contributed by atoms with Crippen LogP contribution in [0.4, 0.5) is 11.4 Å². The van der Waals surface area contributed by atoms with Crippen LogP contribution in [0.3, 0.4) is 0 Å². The summed E-state index contributed by atoms with van der Waals surface area (Å²) in [5, 5.41) is 2.32. The van der Waals surface area contributed by atoms with Crippen molar-refractivity contribution in [3.8, 4) is 33.4 Å². The minimum absolute atomic E-state index is 0.715. The normalized spacial score (nSPS) is 14.0. The predicted molar refractivity (Wildman–Crippen MR) is 188 cm³/mol. The molecule has 44 heavy (non-hydrogen) atoms. The van der Waals surface area contributed by atoms with E-state index in [0.29, 0.717) is 6.54 Å². The molecule has 0 saturated carbocycles. The van der Waals surface area contributed by atoms with E-state index >= 15 is 0 Å². The van der Waals surface area contributed by atoms with Crippen molar-refractivity contribution in [2.45, 2.75) is 40.2 Å². The van der Waals surface area contributed by atoms with Crippen molar-refractivity contribution < 1.29 is 0 Å². The molecule has 0 saturated heterocycles. The van der Waals surface area contributed by atoms with Gasteiger partial charge in [-0.1, -0.05) is 128 Å². The second-order valence-corrected chi connectivity index (χ2v) is 11.8. The van der Waals surface area contributed by atoms with Crippen LogP contribution in [-0.4, -0.2) is 0 Å². The van der Waals surface area contributed by atoms with E-state index in [9.17, 15) is 0 Å². The van der Waals surface area contributed by atoms with Gasteiger partial charge in [-0.2, -0.15) is 0 Å². The highest BCUT2D eigenvalue weighted by atomic mass is 15.5. The van der Waals surface area contributed by atoms with Crippen molar-refractivity contribution in [1.82, 2.24) is 5.43 Å². The molecule has 5 aromatic rings. The van der Waals surface area contributed by atoms with E-state index in [2.05, 4.69) is 165 Å². The molecule has 2 heteroatoms. The summed E-state index contributed by atoms with van der Waals surface area (Å²) in [7, 11) is 0. The van der Waals surface area contributed by atoms with Crippen LogP contribution in [0.15, 0.2) is 134 Å². The molecule has 2 nitrogen and oxygen atoms in total. The number of hydrogen-bond acceptors (Lipinski definition) is 2. The molecule has 1 N–H and O–H groups in total. The number of aryl methyl sites for hydroxylation is 2. The Bertz CT molecular complexity index is 1940. The molecule has 0 aromatic heterocycles. The van der Waals surface area contributed by atoms with Crippen LogP contribution in [-0.2, 0) is 13.0 Å². The quantitative estimate of drug-likeness (QED) is 0.226. The highest BCUT2D eigenvalue weighted by Gasteiger charge is 2.26. The molecular formula is C42H38N2. The van der Waals surface area contributed by atoms with Crippen LogP contribution in [0.5, 0.6) is 0 Å². The van der Waals surface area contributed by atoms with E-state index < -0.39 is 0 Å². The van der Waals surface area contributed by atoms with Gasteiger partial charge in [0.05, 0.1) is 11.4 Å². The lowest BCUT2D eigenvalue weighted by molar-refractivity contribution is 0.717. The molecule has 7 rings (SSSR count). The highest BCUT2D eigenvalue weighted by Crippen LogP contribution is 2.45. The maximum absolute atomic E-state index is 3.89. The number of benzene rings is 5. The standard InChI is InChI=1S/C42H38N2/c1-4-33-36(31-16-8-5-6-9-17-31)24-29(2)26-38(33)34-20-12-14-22-41(34)44-42-23-15-13-21-35(42)39-27-30(3)25-37(40(39)28-43-44)32-18-10-7-11-19-32/h5,7-27,43H,4,6,28H2,1-3H3. The number of allylic oxidation sites excluding steroid dienone is 6. The fraction of sp³-hybridized carbons (Fsp3) is 0.143. The largest absolute Gasteiger partial charge is 0.275 e. The van der Waals surface area contributed by atoms with Gasteiger partial charge in [-0.25, -0.2) is 5.43 Å². The molecule has 216 valence electrons. The molecule has 0 spiro atoms. The van der Waals surface area contributed by atoms with E-state index in [1.165, 1.54) is 66.8 Å². The second kappa shape index (κ2) is 12.0. The van der Waals surface area contributed by atoms with Gasteiger partial charge in [0.15, 0.2) is 0 Å². The predicted octanol–water partition coefficient (Wildman–Crippen LogP) is 10.9. The van der Waals surface area contributed by atoms with Crippen LogP contribution >= 0.6 is 0 Å². The van der Waals surface area contributed by atoms with Gasteiger partial charge in [0.2, 0.25) is 0 Å². The lowest BCUT2D eigenvalue weighted by Crippen LogP contribution is -2.33. The number of hydrogen-bond donors (Lipinski definition) is 1.